The highest BCUT2D eigenvalue weighted by Crippen LogP contribution is 2.37. The van der Waals surface area contributed by atoms with Crippen molar-refractivity contribution >= 4 is 0 Å². The lowest BCUT2D eigenvalue weighted by atomic mass is 9.73. The molecule has 1 aliphatic carbocycles. The van der Waals surface area contributed by atoms with Gasteiger partial charge in [0.2, 0.25) is 0 Å². The van der Waals surface area contributed by atoms with E-state index in [0.717, 1.165) is 0 Å². The van der Waals surface area contributed by atoms with Gasteiger partial charge in [-0.3, -0.25) is 0 Å². The summed E-state index contributed by atoms with van der Waals surface area (Å²) in [5, 5.41) is 8.86. The van der Waals surface area contributed by atoms with Crippen molar-refractivity contribution in [1.29, 1.82) is 0 Å². The molecule has 0 atom stereocenters. The third kappa shape index (κ3) is 1.98. The average Bonchev–Trinajstić information content (AvgIpc) is 1.88. The summed E-state index contributed by atoms with van der Waals surface area (Å²) in [6.45, 7) is 5.04. The van der Waals surface area contributed by atoms with Crippen LogP contribution in [-0.4, -0.2) is 11.7 Å². The number of rotatable bonds is 1. The quantitative estimate of drug-likeness (QED) is 0.595. The zero-order valence-electron chi connectivity index (χ0n) is 7.06. The molecule has 1 heteroatoms. The van der Waals surface area contributed by atoms with Crippen LogP contribution in [-0.2, 0) is 0 Å². The largest absolute Gasteiger partial charge is 0.396 e. The van der Waals surface area contributed by atoms with E-state index in [2.05, 4.69) is 13.8 Å². The smallest absolute Gasteiger partial charge is 0.0459 e. The molecule has 0 heterocycles. The summed E-state index contributed by atoms with van der Waals surface area (Å²) in [5.41, 5.74) is 0.547. The fourth-order valence-corrected chi connectivity index (χ4v) is 1.64. The van der Waals surface area contributed by atoms with Crippen molar-refractivity contribution in [2.45, 2.75) is 39.5 Å². The highest BCUT2D eigenvalue weighted by molar-refractivity contribution is 4.77. The van der Waals surface area contributed by atoms with Crippen LogP contribution >= 0.6 is 0 Å². The zero-order valence-corrected chi connectivity index (χ0v) is 7.06. The van der Waals surface area contributed by atoms with Crippen molar-refractivity contribution in [2.75, 3.05) is 6.61 Å². The average molecular weight is 142 g/mol. The second-order valence-corrected chi connectivity index (χ2v) is 4.29. The molecule has 0 aromatic rings. The molecule has 10 heavy (non-hydrogen) atoms. The van der Waals surface area contributed by atoms with Crippen molar-refractivity contribution < 1.29 is 5.11 Å². The molecule has 0 radical (unpaired) electrons. The van der Waals surface area contributed by atoms with Gasteiger partial charge in [-0.05, 0) is 37.0 Å². The number of aliphatic hydroxyl groups excluding tert-OH is 1. The lowest BCUT2D eigenvalue weighted by Crippen LogP contribution is -2.22. The van der Waals surface area contributed by atoms with E-state index in [-0.39, 0.29) is 0 Å². The molecule has 1 aliphatic rings. The normalized spacial score (nSPS) is 26.7. The summed E-state index contributed by atoms with van der Waals surface area (Å²) in [5.74, 6) is 0.605. The molecule has 1 nitrogen and oxygen atoms in total. The lowest BCUT2D eigenvalue weighted by Gasteiger charge is -2.33. The Hall–Kier alpha value is -0.0400. The maximum Gasteiger partial charge on any atom is 0.0459 e. The standard InChI is InChI=1S/C9H18O/c1-9(2)5-3-8(7-10)4-6-9/h8,10H,3-7H2,1-2H3. The monoisotopic (exact) mass is 142 g/mol. The van der Waals surface area contributed by atoms with Crippen molar-refractivity contribution in [3.63, 3.8) is 0 Å². The topological polar surface area (TPSA) is 20.2 Å². The maximum atomic E-state index is 8.86. The summed E-state index contributed by atoms with van der Waals surface area (Å²) >= 11 is 0. The van der Waals surface area contributed by atoms with Crippen LogP contribution in [0.2, 0.25) is 0 Å². The molecule has 1 rings (SSSR count). The van der Waals surface area contributed by atoms with E-state index >= 15 is 0 Å². The first kappa shape index (κ1) is 8.06. The van der Waals surface area contributed by atoms with Gasteiger partial charge in [0.15, 0.2) is 0 Å². The van der Waals surface area contributed by atoms with Crippen LogP contribution in [0.5, 0.6) is 0 Å². The molecule has 0 aromatic heterocycles. The van der Waals surface area contributed by atoms with Gasteiger partial charge in [0.1, 0.15) is 0 Å². The molecule has 0 amide bonds. The Morgan fingerprint density at radius 3 is 2.20 bits per heavy atom. The van der Waals surface area contributed by atoms with Gasteiger partial charge in [0.25, 0.3) is 0 Å². The molecule has 60 valence electrons. The van der Waals surface area contributed by atoms with Gasteiger partial charge in [-0.15, -0.1) is 0 Å². The van der Waals surface area contributed by atoms with Gasteiger partial charge in [-0.25, -0.2) is 0 Å². The van der Waals surface area contributed by atoms with Crippen LogP contribution in [0.3, 0.4) is 0 Å². The van der Waals surface area contributed by atoms with Gasteiger partial charge < -0.3 is 5.11 Å². The van der Waals surface area contributed by atoms with Gasteiger partial charge >= 0.3 is 0 Å². The van der Waals surface area contributed by atoms with Crippen molar-refractivity contribution in [1.82, 2.24) is 0 Å². The second kappa shape index (κ2) is 2.91. The Morgan fingerprint density at radius 1 is 1.30 bits per heavy atom. The van der Waals surface area contributed by atoms with Crippen molar-refractivity contribution in [3.05, 3.63) is 0 Å². The van der Waals surface area contributed by atoms with Crippen molar-refractivity contribution in [2.24, 2.45) is 11.3 Å². The van der Waals surface area contributed by atoms with Gasteiger partial charge in [-0.2, -0.15) is 0 Å². The summed E-state index contributed by atoms with van der Waals surface area (Å²) in [6.07, 6.45) is 5.03. The van der Waals surface area contributed by atoms with Crippen LogP contribution in [0.15, 0.2) is 0 Å². The molecule has 1 saturated carbocycles. The fraction of sp³-hybridized carbons (Fsp3) is 1.00. The van der Waals surface area contributed by atoms with Crippen LogP contribution in [0.4, 0.5) is 0 Å². The summed E-state index contributed by atoms with van der Waals surface area (Å²) < 4.78 is 0. The number of aliphatic hydroxyl groups is 1. The molecule has 0 saturated heterocycles. The van der Waals surface area contributed by atoms with Gasteiger partial charge in [-0.1, -0.05) is 13.8 Å². The molecular weight excluding hydrogens is 124 g/mol. The van der Waals surface area contributed by atoms with Crippen LogP contribution < -0.4 is 0 Å². The predicted octanol–water partition coefficient (Wildman–Crippen LogP) is 2.20. The van der Waals surface area contributed by atoms with E-state index in [1.165, 1.54) is 25.7 Å². The third-order valence-corrected chi connectivity index (χ3v) is 2.72. The Kier molecular flexibility index (Phi) is 2.35. The van der Waals surface area contributed by atoms with E-state index in [0.29, 0.717) is 17.9 Å². The molecule has 0 bridgehead atoms. The minimum absolute atomic E-state index is 0.399. The molecule has 1 N–H and O–H groups in total. The van der Waals surface area contributed by atoms with Crippen LogP contribution in [0, 0.1) is 11.3 Å². The zero-order chi connectivity index (χ0) is 7.61. The number of hydrogen-bond donors (Lipinski definition) is 1. The Labute approximate surface area is 63.4 Å². The molecule has 1 fully saturated rings. The van der Waals surface area contributed by atoms with Gasteiger partial charge in [0.05, 0.1) is 0 Å². The van der Waals surface area contributed by atoms with Crippen molar-refractivity contribution in [3.8, 4) is 0 Å². The minimum atomic E-state index is 0.399. The summed E-state index contributed by atoms with van der Waals surface area (Å²) in [4.78, 5) is 0. The molecule has 0 aliphatic heterocycles. The van der Waals surface area contributed by atoms with Crippen LogP contribution in [0.1, 0.15) is 39.5 Å². The highest BCUT2D eigenvalue weighted by atomic mass is 16.3. The maximum absolute atomic E-state index is 8.86. The Morgan fingerprint density at radius 2 is 1.80 bits per heavy atom. The molecule has 0 aromatic carbocycles. The Bertz CT molecular complexity index is 97.3. The van der Waals surface area contributed by atoms with Gasteiger partial charge in [0, 0.05) is 6.61 Å². The fourth-order valence-electron chi connectivity index (χ4n) is 1.64. The van der Waals surface area contributed by atoms with E-state index in [4.69, 9.17) is 5.11 Å². The minimum Gasteiger partial charge on any atom is -0.396 e. The summed E-state index contributed by atoms with van der Waals surface area (Å²) in [6, 6.07) is 0. The van der Waals surface area contributed by atoms with Crippen LogP contribution in [0.25, 0.3) is 0 Å². The first-order chi connectivity index (χ1) is 4.64. The molecule has 0 spiro atoms. The first-order valence-electron chi connectivity index (χ1n) is 4.25. The van der Waals surface area contributed by atoms with E-state index in [9.17, 15) is 0 Å². The first-order valence-corrected chi connectivity index (χ1v) is 4.25. The number of hydrogen-bond acceptors (Lipinski definition) is 1. The van der Waals surface area contributed by atoms with E-state index in [1.54, 1.807) is 0 Å². The van der Waals surface area contributed by atoms with E-state index < -0.39 is 0 Å². The second-order valence-electron chi connectivity index (χ2n) is 4.29. The predicted molar refractivity (Wildman–Crippen MR) is 42.8 cm³/mol. The Balaban J connectivity index is 2.31. The lowest BCUT2D eigenvalue weighted by molar-refractivity contribution is 0.132. The third-order valence-electron chi connectivity index (χ3n) is 2.72. The molecular formula is C9H18O. The SMILES string of the molecule is CC1(C)CCC(CO)CC1. The molecule has 0 unspecified atom stereocenters. The van der Waals surface area contributed by atoms with E-state index in [1.807, 2.05) is 0 Å². The highest BCUT2D eigenvalue weighted by Gasteiger charge is 2.25. The summed E-state index contributed by atoms with van der Waals surface area (Å²) in [7, 11) is 0.